The number of hydrogen-bond acceptors (Lipinski definition) is 4. The average molecular weight is 369 g/mol. The van der Waals surface area contributed by atoms with Gasteiger partial charge in [-0.3, -0.25) is 9.59 Å². The van der Waals surface area contributed by atoms with Crippen LogP contribution in [0.5, 0.6) is 0 Å². The summed E-state index contributed by atoms with van der Waals surface area (Å²) in [5, 5.41) is 18.1. The summed E-state index contributed by atoms with van der Waals surface area (Å²) in [5.41, 5.74) is 0.555. The Labute approximate surface area is 159 Å². The fraction of sp³-hybridized carbons (Fsp3) is 0.429. The van der Waals surface area contributed by atoms with Gasteiger partial charge in [-0.1, -0.05) is 30.3 Å². The van der Waals surface area contributed by atoms with Gasteiger partial charge in [-0.25, -0.2) is 0 Å². The monoisotopic (exact) mass is 369 g/mol. The number of carbonyl (C=O) groups excluding carboxylic acids is 2. The fourth-order valence-electron chi connectivity index (χ4n) is 3.51. The molecule has 0 heterocycles. The summed E-state index contributed by atoms with van der Waals surface area (Å²) in [5.74, 6) is -0.555. The maximum absolute atomic E-state index is 12.6. The Kier molecular flexibility index (Phi) is 6.08. The van der Waals surface area contributed by atoms with Crippen LogP contribution in [0.4, 0.5) is 0 Å². The molecule has 0 aliphatic heterocycles. The number of amides is 2. The van der Waals surface area contributed by atoms with E-state index in [4.69, 9.17) is 0 Å². The second-order valence-electron chi connectivity index (χ2n) is 7.47. The van der Waals surface area contributed by atoms with Gasteiger partial charge in [-0.2, -0.15) is 0 Å². The van der Waals surface area contributed by atoms with Crippen LogP contribution in [-0.4, -0.2) is 61.2 Å². The quantitative estimate of drug-likeness (QED) is 0.719. The molecule has 1 aliphatic rings. The highest BCUT2D eigenvalue weighted by Crippen LogP contribution is 2.27. The highest BCUT2D eigenvalue weighted by atomic mass is 16.3. The number of nitrogens with zero attached hydrogens (tertiary/aromatic N) is 1. The lowest BCUT2D eigenvalue weighted by molar-refractivity contribution is -0.125. The summed E-state index contributed by atoms with van der Waals surface area (Å²) in [6, 6.07) is 13.0. The Bertz CT molecular complexity index is 821. The summed E-state index contributed by atoms with van der Waals surface area (Å²) in [6.45, 7) is 1.34. The van der Waals surface area contributed by atoms with Crippen LogP contribution < -0.4 is 10.6 Å². The number of benzene rings is 2. The molecule has 1 saturated carbocycles. The summed E-state index contributed by atoms with van der Waals surface area (Å²) >= 11 is 0. The molecule has 1 fully saturated rings. The van der Waals surface area contributed by atoms with E-state index in [-0.39, 0.29) is 17.7 Å². The minimum Gasteiger partial charge on any atom is -0.391 e. The van der Waals surface area contributed by atoms with Crippen molar-refractivity contribution >= 4 is 22.6 Å². The second-order valence-corrected chi connectivity index (χ2v) is 7.47. The number of nitrogens with one attached hydrogen (secondary N) is 2. The molecule has 27 heavy (non-hydrogen) atoms. The first-order chi connectivity index (χ1) is 12.9. The molecular weight excluding hydrogens is 342 g/mol. The minimum atomic E-state index is -0.709. The van der Waals surface area contributed by atoms with Crippen molar-refractivity contribution in [1.82, 2.24) is 15.5 Å². The number of hydrogen-bond donors (Lipinski definition) is 3. The van der Waals surface area contributed by atoms with E-state index in [9.17, 15) is 14.7 Å². The van der Waals surface area contributed by atoms with E-state index in [1.807, 2.05) is 55.4 Å². The molecule has 1 aliphatic carbocycles. The lowest BCUT2D eigenvalue weighted by Gasteiger charge is -2.16. The molecule has 144 valence electrons. The fourth-order valence-corrected chi connectivity index (χ4v) is 3.51. The molecular formula is C21H27N3O3. The molecule has 3 rings (SSSR count). The number of fused-ring (bicyclic) bond motifs is 1. The van der Waals surface area contributed by atoms with Gasteiger partial charge >= 0.3 is 0 Å². The smallest absolute Gasteiger partial charge is 0.251 e. The Morgan fingerprint density at radius 2 is 1.85 bits per heavy atom. The highest BCUT2D eigenvalue weighted by Gasteiger charge is 2.37. The first-order valence-electron chi connectivity index (χ1n) is 9.34. The molecule has 3 N–H and O–H groups in total. The maximum atomic E-state index is 12.6. The summed E-state index contributed by atoms with van der Waals surface area (Å²) in [4.78, 5) is 26.8. The minimum absolute atomic E-state index is 0.0571. The van der Waals surface area contributed by atoms with Gasteiger partial charge in [0.2, 0.25) is 5.91 Å². The number of carbonyl (C=O) groups is 2. The molecule has 0 aromatic heterocycles. The van der Waals surface area contributed by atoms with Gasteiger partial charge in [-0.05, 0) is 49.8 Å². The maximum Gasteiger partial charge on any atom is 0.251 e. The molecule has 3 atom stereocenters. The zero-order valence-corrected chi connectivity index (χ0v) is 15.8. The molecule has 0 spiro atoms. The number of aliphatic hydroxyl groups excluding tert-OH is 1. The number of aliphatic hydroxyl groups is 1. The van der Waals surface area contributed by atoms with Crippen molar-refractivity contribution in [3.8, 4) is 0 Å². The standard InChI is InChI=1S/C21H27N3O3/c1-24(2)10-9-22-20(26)17-12-18(19(25)13-17)23-21(27)16-8-7-14-5-3-4-6-15(14)11-16/h3-8,11,17-19,25H,9-10,12-13H2,1-2H3,(H,22,26)(H,23,27)/t17-,18+,19+/m0/s1. The van der Waals surface area contributed by atoms with Crippen LogP contribution in [0.3, 0.4) is 0 Å². The number of likely N-dealkylation sites (N-methyl/N-ethyl adjacent to an activating group) is 1. The Hall–Kier alpha value is -2.44. The lowest BCUT2D eigenvalue weighted by Crippen LogP contribution is -2.40. The van der Waals surface area contributed by atoms with Crippen LogP contribution in [-0.2, 0) is 4.79 Å². The van der Waals surface area contributed by atoms with Gasteiger partial charge in [0.05, 0.1) is 12.1 Å². The molecule has 6 heteroatoms. The van der Waals surface area contributed by atoms with E-state index < -0.39 is 12.1 Å². The van der Waals surface area contributed by atoms with E-state index in [0.29, 0.717) is 24.9 Å². The van der Waals surface area contributed by atoms with Crippen LogP contribution in [0.25, 0.3) is 10.8 Å². The summed E-state index contributed by atoms with van der Waals surface area (Å²) in [7, 11) is 3.90. The van der Waals surface area contributed by atoms with E-state index in [1.165, 1.54) is 0 Å². The van der Waals surface area contributed by atoms with Crippen molar-refractivity contribution in [3.05, 3.63) is 48.0 Å². The third-order valence-electron chi connectivity index (χ3n) is 5.09. The van der Waals surface area contributed by atoms with Gasteiger partial charge in [0.1, 0.15) is 0 Å². The topological polar surface area (TPSA) is 81.7 Å². The van der Waals surface area contributed by atoms with Crippen molar-refractivity contribution in [2.24, 2.45) is 5.92 Å². The Balaban J connectivity index is 1.58. The van der Waals surface area contributed by atoms with Crippen molar-refractivity contribution in [3.63, 3.8) is 0 Å². The van der Waals surface area contributed by atoms with Gasteiger partial charge < -0.3 is 20.6 Å². The highest BCUT2D eigenvalue weighted by molar-refractivity contribution is 5.98. The van der Waals surface area contributed by atoms with Crippen molar-refractivity contribution in [2.75, 3.05) is 27.2 Å². The van der Waals surface area contributed by atoms with Crippen molar-refractivity contribution < 1.29 is 14.7 Å². The first kappa shape index (κ1) is 19.3. The summed E-state index contributed by atoms with van der Waals surface area (Å²) < 4.78 is 0. The van der Waals surface area contributed by atoms with Crippen LogP contribution in [0.1, 0.15) is 23.2 Å². The van der Waals surface area contributed by atoms with Crippen LogP contribution in [0.2, 0.25) is 0 Å². The molecule has 6 nitrogen and oxygen atoms in total. The Morgan fingerprint density at radius 3 is 2.59 bits per heavy atom. The van der Waals surface area contributed by atoms with Crippen LogP contribution >= 0.6 is 0 Å². The molecule has 0 saturated heterocycles. The third-order valence-corrected chi connectivity index (χ3v) is 5.09. The molecule has 0 radical (unpaired) electrons. The summed E-state index contributed by atoms with van der Waals surface area (Å²) in [6.07, 6.45) is 0.115. The van der Waals surface area contributed by atoms with Crippen LogP contribution in [0.15, 0.2) is 42.5 Å². The SMILES string of the molecule is CN(C)CCNC(=O)[C@@H]1C[C@@H](O)[C@H](NC(=O)c2ccc3ccccc3c2)C1. The molecule has 2 aromatic carbocycles. The Morgan fingerprint density at radius 1 is 1.11 bits per heavy atom. The predicted octanol–water partition coefficient (Wildman–Crippen LogP) is 1.39. The largest absolute Gasteiger partial charge is 0.391 e. The second kappa shape index (κ2) is 8.50. The van der Waals surface area contributed by atoms with Gasteiger partial charge in [0.15, 0.2) is 0 Å². The molecule has 2 amide bonds. The third kappa shape index (κ3) is 4.84. The predicted molar refractivity (Wildman–Crippen MR) is 105 cm³/mol. The molecule has 2 aromatic rings. The van der Waals surface area contributed by atoms with Crippen LogP contribution in [0, 0.1) is 5.92 Å². The van der Waals surface area contributed by atoms with Crippen molar-refractivity contribution in [1.29, 1.82) is 0 Å². The normalized spacial score (nSPS) is 22.1. The van der Waals surface area contributed by atoms with Gasteiger partial charge in [-0.15, -0.1) is 0 Å². The van der Waals surface area contributed by atoms with E-state index in [1.54, 1.807) is 6.07 Å². The zero-order valence-electron chi connectivity index (χ0n) is 15.8. The first-order valence-corrected chi connectivity index (χ1v) is 9.34. The van der Waals surface area contributed by atoms with Gasteiger partial charge in [0, 0.05) is 24.6 Å². The average Bonchev–Trinajstić information content (AvgIpc) is 3.01. The molecule has 0 bridgehead atoms. The number of rotatable bonds is 6. The van der Waals surface area contributed by atoms with Crippen molar-refractivity contribution in [2.45, 2.75) is 25.0 Å². The van der Waals surface area contributed by atoms with Gasteiger partial charge in [0.25, 0.3) is 5.91 Å². The van der Waals surface area contributed by atoms with E-state index in [2.05, 4.69) is 10.6 Å². The van der Waals surface area contributed by atoms with E-state index in [0.717, 1.165) is 17.3 Å². The zero-order chi connectivity index (χ0) is 19.4. The molecule has 0 unspecified atom stereocenters. The van der Waals surface area contributed by atoms with E-state index >= 15 is 0 Å². The lowest BCUT2D eigenvalue weighted by atomic mass is 10.1.